The zero-order valence-electron chi connectivity index (χ0n) is 16.1. The average molecular weight is 368 g/mol. The zero-order valence-corrected chi connectivity index (χ0v) is 16.1. The fraction of sp³-hybridized carbons (Fsp3) is 0.350. The highest BCUT2D eigenvalue weighted by Gasteiger charge is 2.18. The monoisotopic (exact) mass is 368 g/mol. The molecule has 1 N–H and O–H groups in total. The first kappa shape index (κ1) is 18.8. The Balaban J connectivity index is 1.93. The molecule has 3 rings (SSSR count). The quantitative estimate of drug-likeness (QED) is 0.648. The second kappa shape index (κ2) is 8.18. The molecular weight excluding hydrogens is 344 g/mol. The first-order valence-electron chi connectivity index (χ1n) is 8.79. The second-order valence-corrected chi connectivity index (χ2v) is 6.33. The van der Waals surface area contributed by atoms with Gasteiger partial charge in [0.15, 0.2) is 5.65 Å². The van der Waals surface area contributed by atoms with Crippen LogP contribution < -0.4 is 10.1 Å². The molecule has 0 bridgehead atoms. The molecule has 1 amide bonds. The van der Waals surface area contributed by atoms with Crippen LogP contribution in [0, 0.1) is 13.8 Å². The molecule has 2 aromatic heterocycles. The molecule has 0 aliphatic rings. The van der Waals surface area contributed by atoms with Crippen molar-refractivity contribution in [3.05, 3.63) is 58.5 Å². The summed E-state index contributed by atoms with van der Waals surface area (Å²) < 4.78 is 12.0. The summed E-state index contributed by atoms with van der Waals surface area (Å²) >= 11 is 0. The normalized spacial score (nSPS) is 11.0. The number of carbonyl (C=O) groups is 1. The van der Waals surface area contributed by atoms with Crippen LogP contribution in [-0.4, -0.2) is 47.9 Å². The molecule has 0 atom stereocenters. The number of nitrogens with one attached hydrogen (secondary N) is 1. The molecule has 0 aliphatic heterocycles. The number of methoxy groups -OCH3 is 2. The van der Waals surface area contributed by atoms with Gasteiger partial charge in [-0.3, -0.25) is 4.79 Å². The molecule has 0 fully saturated rings. The number of aromatic nitrogens is 3. The predicted octanol–water partition coefficient (Wildman–Crippen LogP) is 2.32. The summed E-state index contributed by atoms with van der Waals surface area (Å²) in [6.07, 6.45) is 2.28. The largest absolute Gasteiger partial charge is 0.497 e. The molecule has 0 saturated heterocycles. The first-order chi connectivity index (χ1) is 13.0. The molecule has 2 heterocycles. The molecule has 0 saturated carbocycles. The SMILES string of the molecule is COCCNC(=O)c1cnn2c(C)c(Cc3cccc(OC)c3)c(C)nc12. The van der Waals surface area contributed by atoms with Crippen molar-refractivity contribution in [1.29, 1.82) is 0 Å². The molecule has 0 unspecified atom stereocenters. The van der Waals surface area contributed by atoms with Gasteiger partial charge in [0.05, 0.1) is 19.9 Å². The van der Waals surface area contributed by atoms with Crippen LogP contribution in [0.15, 0.2) is 30.5 Å². The topological polar surface area (TPSA) is 77.8 Å². The van der Waals surface area contributed by atoms with Crippen molar-refractivity contribution in [3.8, 4) is 5.75 Å². The molecule has 1 aromatic carbocycles. The maximum atomic E-state index is 12.4. The Bertz CT molecular complexity index is 965. The summed E-state index contributed by atoms with van der Waals surface area (Å²) in [5.41, 5.74) is 5.10. The van der Waals surface area contributed by atoms with E-state index in [9.17, 15) is 4.79 Å². The van der Waals surface area contributed by atoms with Gasteiger partial charge in [0.25, 0.3) is 5.91 Å². The van der Waals surface area contributed by atoms with Gasteiger partial charge in [-0.25, -0.2) is 9.50 Å². The van der Waals surface area contributed by atoms with Crippen molar-refractivity contribution in [2.75, 3.05) is 27.4 Å². The van der Waals surface area contributed by atoms with Crippen molar-refractivity contribution in [1.82, 2.24) is 19.9 Å². The molecule has 7 heteroatoms. The van der Waals surface area contributed by atoms with Gasteiger partial charge >= 0.3 is 0 Å². The third-order valence-electron chi connectivity index (χ3n) is 4.56. The van der Waals surface area contributed by atoms with Crippen molar-refractivity contribution < 1.29 is 14.3 Å². The first-order valence-corrected chi connectivity index (χ1v) is 8.79. The number of ether oxygens (including phenoxy) is 2. The van der Waals surface area contributed by atoms with Crippen molar-refractivity contribution in [3.63, 3.8) is 0 Å². The Labute approximate surface area is 158 Å². The van der Waals surface area contributed by atoms with E-state index in [0.717, 1.165) is 28.3 Å². The van der Waals surface area contributed by atoms with E-state index in [1.807, 2.05) is 32.0 Å². The van der Waals surface area contributed by atoms with E-state index in [1.165, 1.54) is 0 Å². The van der Waals surface area contributed by atoms with Gasteiger partial charge in [-0.2, -0.15) is 5.10 Å². The summed E-state index contributed by atoms with van der Waals surface area (Å²) in [6, 6.07) is 7.97. The van der Waals surface area contributed by atoms with E-state index in [0.29, 0.717) is 30.8 Å². The summed E-state index contributed by atoms with van der Waals surface area (Å²) in [7, 11) is 3.26. The number of benzene rings is 1. The Morgan fingerprint density at radius 2 is 2.07 bits per heavy atom. The van der Waals surface area contributed by atoms with Gasteiger partial charge in [-0.05, 0) is 37.1 Å². The fourth-order valence-electron chi connectivity index (χ4n) is 3.08. The second-order valence-electron chi connectivity index (χ2n) is 6.33. The van der Waals surface area contributed by atoms with Crippen LogP contribution in [0.25, 0.3) is 5.65 Å². The van der Waals surface area contributed by atoms with Crippen molar-refractivity contribution >= 4 is 11.6 Å². The van der Waals surface area contributed by atoms with Crippen LogP contribution in [0.4, 0.5) is 0 Å². The molecule has 7 nitrogen and oxygen atoms in total. The summed E-state index contributed by atoms with van der Waals surface area (Å²) in [4.78, 5) is 17.1. The third kappa shape index (κ3) is 3.93. The van der Waals surface area contributed by atoms with Crippen molar-refractivity contribution in [2.24, 2.45) is 0 Å². The van der Waals surface area contributed by atoms with Gasteiger partial charge in [-0.15, -0.1) is 0 Å². The summed E-state index contributed by atoms with van der Waals surface area (Å²) in [5.74, 6) is 0.625. The van der Waals surface area contributed by atoms with Gasteiger partial charge in [0, 0.05) is 31.5 Å². The standard InChI is InChI=1S/C20H24N4O3/c1-13-17(11-15-6-5-7-16(10-15)27-4)14(2)24-19(23-13)18(12-22-24)20(25)21-8-9-26-3/h5-7,10,12H,8-9,11H2,1-4H3,(H,21,25). The molecule has 0 spiro atoms. The van der Waals surface area contributed by atoms with E-state index < -0.39 is 0 Å². The lowest BCUT2D eigenvalue weighted by atomic mass is 10.0. The highest BCUT2D eigenvalue weighted by molar-refractivity contribution is 5.99. The molecule has 27 heavy (non-hydrogen) atoms. The lowest BCUT2D eigenvalue weighted by Crippen LogP contribution is -2.27. The van der Waals surface area contributed by atoms with Gasteiger partial charge < -0.3 is 14.8 Å². The zero-order chi connectivity index (χ0) is 19.4. The maximum absolute atomic E-state index is 12.4. The minimum absolute atomic E-state index is 0.200. The van der Waals surface area contributed by atoms with E-state index in [2.05, 4.69) is 21.5 Å². The van der Waals surface area contributed by atoms with E-state index in [4.69, 9.17) is 9.47 Å². The number of hydrogen-bond acceptors (Lipinski definition) is 5. The van der Waals surface area contributed by atoms with Crippen LogP contribution in [0.2, 0.25) is 0 Å². The van der Waals surface area contributed by atoms with Crippen LogP contribution in [0.3, 0.4) is 0 Å². The molecule has 0 aliphatic carbocycles. The Kier molecular flexibility index (Phi) is 5.71. The number of aryl methyl sites for hydroxylation is 2. The Morgan fingerprint density at radius 1 is 1.26 bits per heavy atom. The van der Waals surface area contributed by atoms with Crippen molar-refractivity contribution in [2.45, 2.75) is 20.3 Å². The minimum Gasteiger partial charge on any atom is -0.497 e. The van der Waals surface area contributed by atoms with E-state index >= 15 is 0 Å². The Morgan fingerprint density at radius 3 is 2.81 bits per heavy atom. The highest BCUT2D eigenvalue weighted by atomic mass is 16.5. The smallest absolute Gasteiger partial charge is 0.256 e. The van der Waals surface area contributed by atoms with Crippen LogP contribution in [-0.2, 0) is 11.2 Å². The number of nitrogens with zero attached hydrogens (tertiary/aromatic N) is 3. The van der Waals surface area contributed by atoms with Gasteiger partial charge in [0.1, 0.15) is 11.3 Å². The minimum atomic E-state index is -0.200. The van der Waals surface area contributed by atoms with Crippen LogP contribution in [0.1, 0.15) is 32.9 Å². The molecule has 142 valence electrons. The summed E-state index contributed by atoms with van der Waals surface area (Å²) in [5, 5.41) is 7.20. The van der Waals surface area contributed by atoms with Crippen LogP contribution in [0.5, 0.6) is 5.75 Å². The molecule has 0 radical (unpaired) electrons. The lowest BCUT2D eigenvalue weighted by molar-refractivity contribution is 0.0938. The fourth-order valence-corrected chi connectivity index (χ4v) is 3.08. The average Bonchev–Trinajstić information content (AvgIpc) is 3.09. The number of rotatable bonds is 7. The lowest BCUT2D eigenvalue weighted by Gasteiger charge is -2.12. The van der Waals surface area contributed by atoms with E-state index in [-0.39, 0.29) is 5.91 Å². The Hall–Kier alpha value is -2.93. The third-order valence-corrected chi connectivity index (χ3v) is 4.56. The van der Waals surface area contributed by atoms with Crippen LogP contribution >= 0.6 is 0 Å². The number of carbonyl (C=O) groups excluding carboxylic acids is 1. The molecular formula is C20H24N4O3. The van der Waals surface area contributed by atoms with Gasteiger partial charge in [0.2, 0.25) is 0 Å². The molecule has 3 aromatic rings. The van der Waals surface area contributed by atoms with Gasteiger partial charge in [-0.1, -0.05) is 12.1 Å². The predicted molar refractivity (Wildman–Crippen MR) is 102 cm³/mol. The maximum Gasteiger partial charge on any atom is 0.256 e. The van der Waals surface area contributed by atoms with E-state index in [1.54, 1.807) is 24.9 Å². The number of fused-ring (bicyclic) bond motifs is 1. The summed E-state index contributed by atoms with van der Waals surface area (Å²) in [6.45, 7) is 4.86. The number of hydrogen-bond donors (Lipinski definition) is 1. The highest BCUT2D eigenvalue weighted by Crippen LogP contribution is 2.22. The number of amides is 1.